The standard InChI is InChI=1S/C6H12O4S.Na.H/c1-3-4-10-5-6(2)11(7,8)9;;/h3,6H,1,4-5H2,2H3,(H,7,8,9);;. The third-order valence-corrected chi connectivity index (χ3v) is 2.25. The summed E-state index contributed by atoms with van der Waals surface area (Å²) in [5.74, 6) is 0. The van der Waals surface area contributed by atoms with Crippen molar-refractivity contribution in [2.75, 3.05) is 13.2 Å². The molecule has 0 aliphatic rings. The molecule has 0 bridgehead atoms. The normalized spacial score (nSPS) is 13.2. The second-order valence-corrected chi connectivity index (χ2v) is 3.99. The summed E-state index contributed by atoms with van der Waals surface area (Å²) in [5, 5.41) is -0.873. The van der Waals surface area contributed by atoms with Crippen molar-refractivity contribution in [1.29, 1.82) is 0 Å². The molecule has 0 fully saturated rings. The fourth-order valence-corrected chi connectivity index (χ4v) is 0.672. The minimum absolute atomic E-state index is 0. The molecule has 1 atom stereocenters. The topological polar surface area (TPSA) is 63.6 Å². The van der Waals surface area contributed by atoms with Gasteiger partial charge >= 0.3 is 29.6 Å². The Morgan fingerprint density at radius 2 is 2.17 bits per heavy atom. The Kier molecular flexibility index (Phi) is 8.88. The van der Waals surface area contributed by atoms with E-state index in [0.717, 1.165) is 0 Å². The number of rotatable bonds is 5. The summed E-state index contributed by atoms with van der Waals surface area (Å²) in [5.41, 5.74) is 0. The first kappa shape index (κ1) is 15.1. The molecule has 0 aromatic heterocycles. The molecule has 0 rings (SSSR count). The summed E-state index contributed by atoms with van der Waals surface area (Å²) in [4.78, 5) is 0. The van der Waals surface area contributed by atoms with Gasteiger partial charge < -0.3 is 4.74 Å². The Hall–Kier alpha value is 0.610. The molecular formula is C6H13NaO4S. The predicted octanol–water partition coefficient (Wildman–Crippen LogP) is -0.183. The van der Waals surface area contributed by atoms with E-state index in [-0.39, 0.29) is 36.2 Å². The van der Waals surface area contributed by atoms with E-state index < -0.39 is 15.4 Å². The Morgan fingerprint density at radius 1 is 1.67 bits per heavy atom. The first-order valence-electron chi connectivity index (χ1n) is 3.13. The molecule has 0 aromatic carbocycles. The third-order valence-electron chi connectivity index (χ3n) is 1.10. The van der Waals surface area contributed by atoms with E-state index in [4.69, 9.17) is 9.29 Å². The summed E-state index contributed by atoms with van der Waals surface area (Å²) in [7, 11) is -3.94. The van der Waals surface area contributed by atoms with E-state index in [9.17, 15) is 8.42 Å². The van der Waals surface area contributed by atoms with Crippen molar-refractivity contribution in [3.8, 4) is 0 Å². The van der Waals surface area contributed by atoms with Crippen LogP contribution in [0.3, 0.4) is 0 Å². The van der Waals surface area contributed by atoms with Crippen molar-refractivity contribution in [3.63, 3.8) is 0 Å². The van der Waals surface area contributed by atoms with Gasteiger partial charge in [-0.25, -0.2) is 0 Å². The molecule has 0 saturated heterocycles. The molecule has 0 saturated carbocycles. The van der Waals surface area contributed by atoms with Crippen LogP contribution in [0, 0.1) is 0 Å². The van der Waals surface area contributed by atoms with Crippen LogP contribution in [0.25, 0.3) is 0 Å². The van der Waals surface area contributed by atoms with Gasteiger partial charge in [-0.05, 0) is 6.92 Å². The fraction of sp³-hybridized carbons (Fsp3) is 0.667. The van der Waals surface area contributed by atoms with Crippen LogP contribution in [0.5, 0.6) is 0 Å². The van der Waals surface area contributed by atoms with Crippen molar-refractivity contribution in [1.82, 2.24) is 0 Å². The van der Waals surface area contributed by atoms with E-state index >= 15 is 0 Å². The van der Waals surface area contributed by atoms with Gasteiger partial charge in [0.1, 0.15) is 5.25 Å². The number of hydrogen-bond donors (Lipinski definition) is 1. The van der Waals surface area contributed by atoms with Crippen molar-refractivity contribution in [2.24, 2.45) is 0 Å². The van der Waals surface area contributed by atoms with Crippen LogP contribution in [0.1, 0.15) is 6.92 Å². The average molecular weight is 204 g/mol. The zero-order valence-corrected chi connectivity index (χ0v) is 7.17. The Balaban J connectivity index is 0. The number of hydrogen-bond acceptors (Lipinski definition) is 3. The van der Waals surface area contributed by atoms with Crippen LogP contribution in [-0.4, -0.2) is 61.0 Å². The molecule has 0 aromatic rings. The molecule has 4 nitrogen and oxygen atoms in total. The Morgan fingerprint density at radius 3 is 2.50 bits per heavy atom. The quantitative estimate of drug-likeness (QED) is 0.292. The van der Waals surface area contributed by atoms with Crippen LogP contribution in [0.4, 0.5) is 0 Å². The molecule has 6 heteroatoms. The van der Waals surface area contributed by atoms with Gasteiger partial charge in [-0.2, -0.15) is 8.42 Å². The second kappa shape index (κ2) is 7.06. The first-order chi connectivity index (χ1) is 4.98. The van der Waals surface area contributed by atoms with Crippen LogP contribution in [0.15, 0.2) is 12.7 Å². The van der Waals surface area contributed by atoms with Gasteiger partial charge in [0, 0.05) is 0 Å². The van der Waals surface area contributed by atoms with E-state index in [0.29, 0.717) is 6.61 Å². The van der Waals surface area contributed by atoms with E-state index in [2.05, 4.69) is 6.58 Å². The molecule has 68 valence electrons. The zero-order chi connectivity index (χ0) is 8.91. The second-order valence-electron chi connectivity index (χ2n) is 2.15. The van der Waals surface area contributed by atoms with E-state index in [1.54, 1.807) is 0 Å². The SMILES string of the molecule is C=CCOCC(C)S(=O)(=O)O.[NaH]. The van der Waals surface area contributed by atoms with Gasteiger partial charge in [0.2, 0.25) is 0 Å². The molecule has 0 heterocycles. The van der Waals surface area contributed by atoms with Gasteiger partial charge in [-0.1, -0.05) is 6.08 Å². The monoisotopic (exact) mass is 204 g/mol. The molecule has 12 heavy (non-hydrogen) atoms. The van der Waals surface area contributed by atoms with Gasteiger partial charge in [-0.15, -0.1) is 6.58 Å². The summed E-state index contributed by atoms with van der Waals surface area (Å²) in [6.07, 6.45) is 1.51. The number of ether oxygens (including phenoxy) is 1. The maximum absolute atomic E-state index is 10.4. The molecule has 0 radical (unpaired) electrons. The summed E-state index contributed by atoms with van der Waals surface area (Å²) >= 11 is 0. The van der Waals surface area contributed by atoms with Crippen LogP contribution in [0.2, 0.25) is 0 Å². The summed E-state index contributed by atoms with van der Waals surface area (Å²) in [6, 6.07) is 0. The zero-order valence-electron chi connectivity index (χ0n) is 6.36. The van der Waals surface area contributed by atoms with E-state index in [1.165, 1.54) is 13.0 Å². The van der Waals surface area contributed by atoms with Gasteiger partial charge in [0.25, 0.3) is 10.1 Å². The van der Waals surface area contributed by atoms with Crippen molar-refractivity contribution < 1.29 is 17.7 Å². The first-order valence-corrected chi connectivity index (χ1v) is 4.63. The summed E-state index contributed by atoms with van der Waals surface area (Å²) < 4.78 is 34.0. The molecule has 0 spiro atoms. The van der Waals surface area contributed by atoms with Crippen LogP contribution in [-0.2, 0) is 14.9 Å². The molecule has 0 amide bonds. The molecule has 1 N–H and O–H groups in total. The predicted molar refractivity (Wildman–Crippen MR) is 49.2 cm³/mol. The average Bonchev–Trinajstić information content (AvgIpc) is 1.86. The fourth-order valence-electron chi connectivity index (χ4n) is 0.403. The van der Waals surface area contributed by atoms with Crippen molar-refractivity contribution in [2.45, 2.75) is 12.2 Å². The van der Waals surface area contributed by atoms with Crippen molar-refractivity contribution >= 4 is 39.7 Å². The van der Waals surface area contributed by atoms with Crippen LogP contribution < -0.4 is 0 Å². The minimum atomic E-state index is -3.94. The maximum atomic E-state index is 10.4. The van der Waals surface area contributed by atoms with Crippen LogP contribution >= 0.6 is 0 Å². The van der Waals surface area contributed by atoms with Gasteiger partial charge in [-0.3, -0.25) is 4.55 Å². The molecular weight excluding hydrogens is 191 g/mol. The molecule has 0 aliphatic carbocycles. The van der Waals surface area contributed by atoms with E-state index in [1.807, 2.05) is 0 Å². The van der Waals surface area contributed by atoms with Gasteiger partial charge in [0.05, 0.1) is 13.2 Å². The Bertz CT molecular complexity index is 212. The molecule has 0 aliphatic heterocycles. The Labute approximate surface area is 95.0 Å². The third kappa shape index (κ3) is 7.27. The molecule has 1 unspecified atom stereocenters. The summed E-state index contributed by atoms with van der Waals surface area (Å²) in [6.45, 7) is 5.04. The van der Waals surface area contributed by atoms with Crippen molar-refractivity contribution in [3.05, 3.63) is 12.7 Å². The van der Waals surface area contributed by atoms with Gasteiger partial charge in [0.15, 0.2) is 0 Å².